The summed E-state index contributed by atoms with van der Waals surface area (Å²) in [6.07, 6.45) is 0.0465. The Balaban J connectivity index is 2.21. The number of aliphatic hydroxyl groups is 1. The van der Waals surface area contributed by atoms with Crippen molar-refractivity contribution >= 4 is 5.91 Å². The molecule has 0 saturated carbocycles. The molecule has 22 heavy (non-hydrogen) atoms. The number of amides is 1. The smallest absolute Gasteiger partial charge is 0.238 e. The molecule has 1 aliphatic rings. The van der Waals surface area contributed by atoms with Gasteiger partial charge in [0.1, 0.15) is 0 Å². The number of hydrogen-bond acceptors (Lipinski definition) is 4. The first-order valence-electron chi connectivity index (χ1n) is 7.81. The van der Waals surface area contributed by atoms with Crippen LogP contribution in [0.4, 0.5) is 0 Å². The third-order valence-corrected chi connectivity index (χ3v) is 3.86. The van der Waals surface area contributed by atoms with Gasteiger partial charge in [-0.25, -0.2) is 0 Å². The lowest BCUT2D eigenvalue weighted by molar-refractivity contribution is -0.129. The molecule has 0 spiro atoms. The van der Waals surface area contributed by atoms with Gasteiger partial charge in [0.2, 0.25) is 5.91 Å². The van der Waals surface area contributed by atoms with E-state index in [2.05, 4.69) is 17.4 Å². The molecule has 0 bridgehead atoms. The van der Waals surface area contributed by atoms with Crippen molar-refractivity contribution in [3.05, 3.63) is 35.4 Å². The van der Waals surface area contributed by atoms with E-state index in [1.54, 1.807) is 0 Å². The fraction of sp³-hybridized carbons (Fsp3) is 0.588. The van der Waals surface area contributed by atoms with Crippen molar-refractivity contribution in [2.24, 2.45) is 5.73 Å². The van der Waals surface area contributed by atoms with Crippen molar-refractivity contribution in [2.45, 2.75) is 51.4 Å². The Morgan fingerprint density at radius 1 is 1.41 bits per heavy atom. The minimum atomic E-state index is -0.616. The lowest BCUT2D eigenvalue weighted by Gasteiger charge is -2.38. The third-order valence-electron chi connectivity index (χ3n) is 3.86. The molecule has 122 valence electrons. The zero-order chi connectivity index (χ0) is 16.3. The van der Waals surface area contributed by atoms with Gasteiger partial charge in [0.25, 0.3) is 0 Å². The van der Waals surface area contributed by atoms with E-state index in [4.69, 9.17) is 5.73 Å². The Morgan fingerprint density at radius 2 is 2.05 bits per heavy atom. The first-order valence-corrected chi connectivity index (χ1v) is 7.81. The number of carbonyl (C=O) groups excluding carboxylic acids is 1. The summed E-state index contributed by atoms with van der Waals surface area (Å²) in [5.41, 5.74) is 7.68. The normalized spacial score (nSPS) is 20.3. The van der Waals surface area contributed by atoms with Crippen LogP contribution >= 0.6 is 0 Å². The highest BCUT2D eigenvalue weighted by atomic mass is 16.3. The van der Waals surface area contributed by atoms with Crippen molar-refractivity contribution in [1.29, 1.82) is 0 Å². The lowest BCUT2D eigenvalue weighted by Crippen LogP contribution is -2.56. The average Bonchev–Trinajstić information content (AvgIpc) is 2.44. The molecule has 4 N–H and O–H groups in total. The fourth-order valence-corrected chi connectivity index (χ4v) is 2.83. The summed E-state index contributed by atoms with van der Waals surface area (Å²) in [4.78, 5) is 14.7. The van der Waals surface area contributed by atoms with Crippen LogP contribution in [0.2, 0.25) is 0 Å². The van der Waals surface area contributed by atoms with Gasteiger partial charge in [0.05, 0.1) is 12.1 Å². The summed E-state index contributed by atoms with van der Waals surface area (Å²) in [7, 11) is 0. The minimum absolute atomic E-state index is 0.00576. The Labute approximate surface area is 132 Å². The van der Waals surface area contributed by atoms with E-state index in [0.29, 0.717) is 19.5 Å². The van der Waals surface area contributed by atoms with Crippen LogP contribution in [0, 0.1) is 0 Å². The topological polar surface area (TPSA) is 78.6 Å². The van der Waals surface area contributed by atoms with Crippen LogP contribution in [0.5, 0.6) is 0 Å². The minimum Gasteiger partial charge on any atom is -0.390 e. The SMILES string of the molecule is CC(C)(C)NC(=O)[C@@H]1Cc2ccccc2CN1CC(O)CN. The Kier molecular flexibility index (Phi) is 5.21. The monoisotopic (exact) mass is 305 g/mol. The van der Waals surface area contributed by atoms with E-state index in [1.165, 1.54) is 11.1 Å². The van der Waals surface area contributed by atoms with E-state index in [0.717, 1.165) is 0 Å². The number of aliphatic hydroxyl groups excluding tert-OH is 1. The summed E-state index contributed by atoms with van der Waals surface area (Å²) in [6.45, 7) is 7.19. The molecule has 0 fully saturated rings. The van der Waals surface area contributed by atoms with Crippen LogP contribution in [-0.4, -0.2) is 46.7 Å². The molecule has 0 aliphatic carbocycles. The number of carbonyl (C=O) groups is 1. The summed E-state index contributed by atoms with van der Waals surface area (Å²) in [5, 5.41) is 12.9. The van der Waals surface area contributed by atoms with Crippen LogP contribution in [0.15, 0.2) is 24.3 Å². The third kappa shape index (κ3) is 4.29. The van der Waals surface area contributed by atoms with Crippen LogP contribution in [0.3, 0.4) is 0 Å². The molecule has 0 radical (unpaired) electrons. The van der Waals surface area contributed by atoms with Gasteiger partial charge in [-0.15, -0.1) is 0 Å². The predicted octanol–water partition coefficient (Wildman–Crippen LogP) is 0.648. The van der Waals surface area contributed by atoms with Crippen molar-refractivity contribution < 1.29 is 9.90 Å². The largest absolute Gasteiger partial charge is 0.390 e. The molecule has 1 aromatic carbocycles. The van der Waals surface area contributed by atoms with Crippen LogP contribution in [0.25, 0.3) is 0 Å². The number of nitrogens with zero attached hydrogens (tertiary/aromatic N) is 1. The quantitative estimate of drug-likeness (QED) is 0.763. The zero-order valence-corrected chi connectivity index (χ0v) is 13.7. The van der Waals surface area contributed by atoms with Gasteiger partial charge in [0.15, 0.2) is 0 Å². The molecule has 2 rings (SSSR count). The standard InChI is InChI=1S/C17H27N3O2/c1-17(2,3)19-16(22)15-8-12-6-4-5-7-13(12)10-20(15)11-14(21)9-18/h4-7,14-15,21H,8-11,18H2,1-3H3,(H,19,22)/t14?,15-/m0/s1. The zero-order valence-electron chi connectivity index (χ0n) is 13.7. The number of benzene rings is 1. The molecule has 1 amide bonds. The van der Waals surface area contributed by atoms with Gasteiger partial charge < -0.3 is 16.2 Å². The van der Waals surface area contributed by atoms with Gasteiger partial charge in [-0.1, -0.05) is 24.3 Å². The average molecular weight is 305 g/mol. The second-order valence-corrected chi connectivity index (χ2v) is 7.05. The highest BCUT2D eigenvalue weighted by molar-refractivity contribution is 5.83. The molecule has 1 unspecified atom stereocenters. The van der Waals surface area contributed by atoms with E-state index in [1.807, 2.05) is 37.8 Å². The number of rotatable bonds is 4. The predicted molar refractivity (Wildman–Crippen MR) is 87.3 cm³/mol. The number of β-amino-alcohol motifs (C(OH)–C–C–N with tert-alkyl or cyclic N) is 1. The van der Waals surface area contributed by atoms with E-state index in [9.17, 15) is 9.90 Å². The van der Waals surface area contributed by atoms with Crippen LogP contribution in [-0.2, 0) is 17.8 Å². The number of nitrogens with one attached hydrogen (secondary N) is 1. The molecule has 2 atom stereocenters. The first kappa shape index (κ1) is 16.9. The number of nitrogens with two attached hydrogens (primary N) is 1. The van der Waals surface area contributed by atoms with Gasteiger partial charge >= 0.3 is 0 Å². The van der Waals surface area contributed by atoms with Crippen molar-refractivity contribution in [3.8, 4) is 0 Å². The van der Waals surface area contributed by atoms with Crippen molar-refractivity contribution in [3.63, 3.8) is 0 Å². The molecular formula is C17H27N3O2. The summed E-state index contributed by atoms with van der Waals surface area (Å²) in [6, 6.07) is 7.89. The highest BCUT2D eigenvalue weighted by Gasteiger charge is 2.33. The second kappa shape index (κ2) is 6.77. The molecule has 5 nitrogen and oxygen atoms in total. The van der Waals surface area contributed by atoms with Gasteiger partial charge in [-0.2, -0.15) is 0 Å². The summed E-state index contributed by atoms with van der Waals surface area (Å²) < 4.78 is 0. The summed E-state index contributed by atoms with van der Waals surface area (Å²) in [5.74, 6) is 0.00576. The molecular weight excluding hydrogens is 278 g/mol. The first-order chi connectivity index (χ1) is 10.3. The Bertz CT molecular complexity index is 525. The van der Waals surface area contributed by atoms with Gasteiger partial charge in [-0.05, 0) is 38.3 Å². The van der Waals surface area contributed by atoms with E-state index >= 15 is 0 Å². The second-order valence-electron chi connectivity index (χ2n) is 7.05. The van der Waals surface area contributed by atoms with Crippen molar-refractivity contribution in [2.75, 3.05) is 13.1 Å². The van der Waals surface area contributed by atoms with Crippen molar-refractivity contribution in [1.82, 2.24) is 10.2 Å². The highest BCUT2D eigenvalue weighted by Crippen LogP contribution is 2.24. The Hall–Kier alpha value is -1.43. The van der Waals surface area contributed by atoms with Gasteiger partial charge in [-0.3, -0.25) is 9.69 Å². The maximum absolute atomic E-state index is 12.6. The van der Waals surface area contributed by atoms with Crippen LogP contribution < -0.4 is 11.1 Å². The molecule has 1 aromatic rings. The molecule has 1 aliphatic heterocycles. The molecule has 1 heterocycles. The lowest BCUT2D eigenvalue weighted by atomic mass is 9.92. The van der Waals surface area contributed by atoms with Crippen LogP contribution in [0.1, 0.15) is 31.9 Å². The fourth-order valence-electron chi connectivity index (χ4n) is 2.83. The Morgan fingerprint density at radius 3 is 2.64 bits per heavy atom. The maximum Gasteiger partial charge on any atom is 0.238 e. The molecule has 0 saturated heterocycles. The number of hydrogen-bond donors (Lipinski definition) is 3. The van der Waals surface area contributed by atoms with E-state index < -0.39 is 6.10 Å². The van der Waals surface area contributed by atoms with E-state index in [-0.39, 0.29) is 24.0 Å². The van der Waals surface area contributed by atoms with Gasteiger partial charge in [0, 0.05) is 25.2 Å². The maximum atomic E-state index is 12.6. The summed E-state index contributed by atoms with van der Waals surface area (Å²) >= 11 is 0. The molecule has 5 heteroatoms. The molecule has 0 aromatic heterocycles. The number of fused-ring (bicyclic) bond motifs is 1.